The van der Waals surface area contributed by atoms with Crippen LogP contribution in [0.1, 0.15) is 81.7 Å². The molecule has 1 aliphatic carbocycles. The Kier molecular flexibility index (Phi) is 8.05. The van der Waals surface area contributed by atoms with E-state index in [1.54, 1.807) is 13.0 Å². The average molecular weight is 515 g/mol. The van der Waals surface area contributed by atoms with Gasteiger partial charge in [0.05, 0.1) is 43.2 Å². The highest BCUT2D eigenvalue weighted by atomic mass is 16.7. The van der Waals surface area contributed by atoms with E-state index in [2.05, 4.69) is 0 Å². The van der Waals surface area contributed by atoms with Crippen LogP contribution in [0, 0.1) is 0 Å². The summed E-state index contributed by atoms with van der Waals surface area (Å²) in [5.74, 6) is -1.96. The first-order valence-corrected chi connectivity index (χ1v) is 12.1. The molecule has 0 spiro atoms. The topological polar surface area (TPSA) is 160 Å². The minimum Gasteiger partial charge on any atom is -0.507 e. The molecule has 1 aliphatic heterocycles. The van der Waals surface area contributed by atoms with Crippen molar-refractivity contribution in [3.05, 3.63) is 57.6 Å². The Hall–Kier alpha value is -3.15. The second-order valence-electron chi connectivity index (χ2n) is 9.20. The maximum absolute atomic E-state index is 13.6. The molecule has 4 rings (SSSR count). The zero-order chi connectivity index (χ0) is 26.9. The summed E-state index contributed by atoms with van der Waals surface area (Å²) < 4.78 is 17.1. The Bertz CT molecular complexity index is 1220. The fraction of sp³-hybridized carbons (Fsp3) is 0.444. The maximum atomic E-state index is 13.6. The first-order chi connectivity index (χ1) is 17.7. The number of phenols is 1. The van der Waals surface area contributed by atoms with Crippen LogP contribution in [-0.2, 0) is 20.9 Å². The number of rotatable bonds is 9. The van der Waals surface area contributed by atoms with Crippen molar-refractivity contribution in [3.8, 4) is 11.5 Å². The van der Waals surface area contributed by atoms with Crippen LogP contribution in [0.4, 0.5) is 0 Å². The summed E-state index contributed by atoms with van der Waals surface area (Å²) in [6.07, 6.45) is -2.40. The monoisotopic (exact) mass is 514 g/mol. The number of aliphatic hydroxyl groups excluding tert-OH is 3. The van der Waals surface area contributed by atoms with E-state index in [-0.39, 0.29) is 52.0 Å². The van der Waals surface area contributed by atoms with Crippen molar-refractivity contribution in [2.45, 2.75) is 63.8 Å². The molecular weight excluding hydrogens is 484 g/mol. The van der Waals surface area contributed by atoms with Gasteiger partial charge >= 0.3 is 0 Å². The third kappa shape index (κ3) is 5.03. The van der Waals surface area contributed by atoms with Crippen molar-refractivity contribution in [2.24, 2.45) is 0 Å². The molecule has 1 heterocycles. The van der Waals surface area contributed by atoms with Crippen LogP contribution in [-0.4, -0.2) is 70.0 Å². The summed E-state index contributed by atoms with van der Waals surface area (Å²) in [5, 5.41) is 40.8. The molecule has 0 aromatic heterocycles. The van der Waals surface area contributed by atoms with Crippen LogP contribution >= 0.6 is 0 Å². The summed E-state index contributed by atoms with van der Waals surface area (Å²) in [4.78, 5) is 38.8. The molecule has 1 saturated heterocycles. The molecule has 37 heavy (non-hydrogen) atoms. The predicted octanol–water partition coefficient (Wildman–Crippen LogP) is 1.95. The number of aliphatic hydroxyl groups is 3. The standard InChI is InChI=1S/C27H30O10/c1-13-18(31)7-9-21(36-13)37-20(8-6-15(30)12-29)22-14(11-28)10-17-24(26(22)33)27(34)23-16(25(17)32)4-3-5-19(23)35-2/h3-5,10,13,18,20-21,28-29,31,33H,6-9,11-12H2,1-2H3/t13-,18-,20?,21-/m1/s1. The van der Waals surface area contributed by atoms with E-state index < -0.39 is 60.9 Å². The van der Waals surface area contributed by atoms with Crippen LogP contribution in [0.25, 0.3) is 0 Å². The van der Waals surface area contributed by atoms with E-state index in [1.165, 1.54) is 25.3 Å². The van der Waals surface area contributed by atoms with Gasteiger partial charge in [0.25, 0.3) is 0 Å². The number of fused-ring (bicyclic) bond motifs is 2. The number of phenolic OH excluding ortho intramolecular Hbond substituents is 1. The number of carbonyl (C=O) groups excluding carboxylic acids is 3. The van der Waals surface area contributed by atoms with E-state index in [9.17, 15) is 34.8 Å². The zero-order valence-electron chi connectivity index (χ0n) is 20.6. The first-order valence-electron chi connectivity index (χ1n) is 12.1. The van der Waals surface area contributed by atoms with Gasteiger partial charge in [0.15, 0.2) is 17.9 Å². The van der Waals surface area contributed by atoms with Crippen LogP contribution in [0.5, 0.6) is 11.5 Å². The first kappa shape index (κ1) is 26.9. The van der Waals surface area contributed by atoms with Gasteiger partial charge in [0.1, 0.15) is 18.1 Å². The molecule has 0 amide bonds. The lowest BCUT2D eigenvalue weighted by atomic mass is 9.80. The molecule has 4 N–H and O–H groups in total. The van der Waals surface area contributed by atoms with Gasteiger partial charge in [-0.05, 0) is 37.5 Å². The van der Waals surface area contributed by atoms with Crippen molar-refractivity contribution in [1.29, 1.82) is 0 Å². The number of Topliss-reactive ketones (excluding diaryl/α,β-unsaturated/α-hetero) is 1. The second kappa shape index (κ2) is 11.1. The minimum atomic E-state index is -1.03. The van der Waals surface area contributed by atoms with Crippen molar-refractivity contribution in [2.75, 3.05) is 13.7 Å². The molecule has 10 nitrogen and oxygen atoms in total. The number of ether oxygens (including phenoxy) is 3. The van der Waals surface area contributed by atoms with Gasteiger partial charge < -0.3 is 34.6 Å². The largest absolute Gasteiger partial charge is 0.507 e. The number of methoxy groups -OCH3 is 1. The molecular formula is C27H30O10. The molecule has 10 heteroatoms. The number of benzene rings is 2. The van der Waals surface area contributed by atoms with E-state index in [0.717, 1.165) is 0 Å². The molecule has 1 fully saturated rings. The number of ketones is 3. The molecule has 1 unspecified atom stereocenters. The molecule has 0 saturated carbocycles. The summed E-state index contributed by atoms with van der Waals surface area (Å²) >= 11 is 0. The summed E-state index contributed by atoms with van der Waals surface area (Å²) in [5.41, 5.74) is 0.0312. The third-order valence-corrected chi connectivity index (χ3v) is 6.89. The molecule has 4 atom stereocenters. The van der Waals surface area contributed by atoms with E-state index >= 15 is 0 Å². The quantitative estimate of drug-likeness (QED) is 0.332. The second-order valence-corrected chi connectivity index (χ2v) is 9.20. The van der Waals surface area contributed by atoms with Gasteiger partial charge in [-0.1, -0.05) is 12.1 Å². The summed E-state index contributed by atoms with van der Waals surface area (Å²) in [7, 11) is 1.37. The Balaban J connectivity index is 1.81. The summed E-state index contributed by atoms with van der Waals surface area (Å²) in [6.45, 7) is 0.425. The van der Waals surface area contributed by atoms with Gasteiger partial charge in [-0.3, -0.25) is 14.4 Å². The van der Waals surface area contributed by atoms with E-state index in [1.807, 2.05) is 0 Å². The van der Waals surface area contributed by atoms with Crippen LogP contribution in [0.3, 0.4) is 0 Å². The zero-order valence-corrected chi connectivity index (χ0v) is 20.6. The SMILES string of the molecule is COc1cccc2c1C(=O)c1c(cc(CO)c(C(CCC(=O)CO)O[C@@H]3CC[C@@H](O)[C@@H](C)O3)c1O)C2=O. The van der Waals surface area contributed by atoms with Crippen molar-refractivity contribution < 1.29 is 49.0 Å². The smallest absolute Gasteiger partial charge is 0.201 e. The minimum absolute atomic E-state index is 0.00240. The fourth-order valence-corrected chi connectivity index (χ4v) is 4.91. The lowest BCUT2D eigenvalue weighted by molar-refractivity contribution is -0.237. The van der Waals surface area contributed by atoms with Gasteiger partial charge in [-0.25, -0.2) is 0 Å². The summed E-state index contributed by atoms with van der Waals surface area (Å²) in [6, 6.07) is 5.97. The van der Waals surface area contributed by atoms with Crippen LogP contribution < -0.4 is 4.74 Å². The highest BCUT2D eigenvalue weighted by Gasteiger charge is 2.38. The van der Waals surface area contributed by atoms with Gasteiger partial charge in [0.2, 0.25) is 5.78 Å². The van der Waals surface area contributed by atoms with E-state index in [0.29, 0.717) is 12.8 Å². The number of hydrogen-bond acceptors (Lipinski definition) is 10. The van der Waals surface area contributed by atoms with Crippen LogP contribution in [0.2, 0.25) is 0 Å². The molecule has 2 aromatic rings. The van der Waals surface area contributed by atoms with Gasteiger partial charge in [0, 0.05) is 29.5 Å². The highest BCUT2D eigenvalue weighted by Crippen LogP contribution is 2.44. The van der Waals surface area contributed by atoms with Gasteiger partial charge in [-0.15, -0.1) is 0 Å². The van der Waals surface area contributed by atoms with Gasteiger partial charge in [-0.2, -0.15) is 0 Å². The fourth-order valence-electron chi connectivity index (χ4n) is 4.91. The molecule has 0 radical (unpaired) electrons. The number of carbonyl (C=O) groups is 3. The number of aromatic hydroxyl groups is 1. The molecule has 2 aromatic carbocycles. The Morgan fingerprint density at radius 1 is 1.14 bits per heavy atom. The lowest BCUT2D eigenvalue weighted by Crippen LogP contribution is -2.38. The Labute approximate surface area is 213 Å². The molecule has 2 aliphatic rings. The van der Waals surface area contributed by atoms with Crippen molar-refractivity contribution in [3.63, 3.8) is 0 Å². The van der Waals surface area contributed by atoms with Crippen molar-refractivity contribution >= 4 is 17.3 Å². The Morgan fingerprint density at radius 2 is 1.89 bits per heavy atom. The lowest BCUT2D eigenvalue weighted by Gasteiger charge is -2.35. The number of hydrogen-bond donors (Lipinski definition) is 4. The van der Waals surface area contributed by atoms with Crippen LogP contribution in [0.15, 0.2) is 24.3 Å². The normalized spacial score (nSPS) is 21.8. The molecule has 0 bridgehead atoms. The third-order valence-electron chi connectivity index (χ3n) is 6.89. The predicted molar refractivity (Wildman–Crippen MR) is 129 cm³/mol. The Morgan fingerprint density at radius 3 is 2.54 bits per heavy atom. The maximum Gasteiger partial charge on any atom is 0.201 e. The molecule has 198 valence electrons. The highest BCUT2D eigenvalue weighted by molar-refractivity contribution is 6.30. The van der Waals surface area contributed by atoms with E-state index in [4.69, 9.17) is 14.2 Å². The van der Waals surface area contributed by atoms with Crippen molar-refractivity contribution in [1.82, 2.24) is 0 Å². The average Bonchev–Trinajstić information content (AvgIpc) is 2.90.